The molecule has 27 heavy (non-hydrogen) atoms. The first-order valence-corrected chi connectivity index (χ1v) is 9.39. The third-order valence-corrected chi connectivity index (χ3v) is 4.34. The Bertz CT molecular complexity index is 703. The van der Waals surface area contributed by atoms with Crippen LogP contribution in [0.1, 0.15) is 26.0 Å². The third kappa shape index (κ3) is 6.90. The number of carbonyl (C=O) groups is 1. The van der Waals surface area contributed by atoms with Crippen LogP contribution >= 0.6 is 0 Å². The van der Waals surface area contributed by atoms with Crippen LogP contribution in [0.3, 0.4) is 0 Å². The molecule has 0 aliphatic carbocycles. The molecule has 6 heteroatoms. The van der Waals surface area contributed by atoms with E-state index in [-0.39, 0.29) is 5.91 Å². The van der Waals surface area contributed by atoms with Crippen LogP contribution in [0.15, 0.2) is 42.6 Å². The lowest BCUT2D eigenvalue weighted by Crippen LogP contribution is -2.28. The van der Waals surface area contributed by atoms with E-state index < -0.39 is 0 Å². The SMILES string of the molecule is CCN(CC)CCOc1cc(NC(=O)CCc2ccccn2)ccc1OC. The molecule has 0 fully saturated rings. The van der Waals surface area contributed by atoms with Crippen molar-refractivity contribution in [2.24, 2.45) is 0 Å². The molecule has 1 amide bonds. The quantitative estimate of drug-likeness (QED) is 0.656. The standard InChI is InChI=1S/C21H29N3O3/c1-4-24(5-2)14-15-27-20-16-18(9-11-19(20)26-3)23-21(25)12-10-17-8-6-7-13-22-17/h6-9,11,13,16H,4-5,10,12,14-15H2,1-3H3,(H,23,25). The number of aromatic nitrogens is 1. The molecule has 6 nitrogen and oxygen atoms in total. The van der Waals surface area contributed by atoms with E-state index in [1.807, 2.05) is 24.3 Å². The molecule has 1 aromatic carbocycles. The number of ether oxygens (including phenoxy) is 2. The second kappa shape index (κ2) is 11.2. The summed E-state index contributed by atoms with van der Waals surface area (Å²) in [7, 11) is 1.61. The number of hydrogen-bond acceptors (Lipinski definition) is 5. The maximum Gasteiger partial charge on any atom is 0.224 e. The van der Waals surface area contributed by atoms with Gasteiger partial charge in [0.2, 0.25) is 5.91 Å². The normalized spacial score (nSPS) is 10.7. The number of methoxy groups -OCH3 is 1. The molecule has 0 saturated carbocycles. The van der Waals surface area contributed by atoms with Gasteiger partial charge in [0, 0.05) is 36.6 Å². The Morgan fingerprint density at radius 1 is 1.15 bits per heavy atom. The zero-order valence-corrected chi connectivity index (χ0v) is 16.4. The Morgan fingerprint density at radius 3 is 2.63 bits per heavy atom. The van der Waals surface area contributed by atoms with Gasteiger partial charge in [-0.1, -0.05) is 19.9 Å². The van der Waals surface area contributed by atoms with Gasteiger partial charge in [-0.2, -0.15) is 0 Å². The summed E-state index contributed by atoms with van der Waals surface area (Å²) in [6.45, 7) is 7.65. The monoisotopic (exact) mass is 371 g/mol. The van der Waals surface area contributed by atoms with E-state index in [0.29, 0.717) is 36.6 Å². The molecule has 0 saturated heterocycles. The number of anilines is 1. The molecule has 0 aliphatic rings. The fourth-order valence-electron chi connectivity index (χ4n) is 2.70. The van der Waals surface area contributed by atoms with Crippen LogP contribution in [0.2, 0.25) is 0 Å². The molecule has 0 radical (unpaired) electrons. The average Bonchev–Trinajstić information content (AvgIpc) is 2.71. The van der Waals surface area contributed by atoms with Crippen molar-refractivity contribution in [3.05, 3.63) is 48.3 Å². The van der Waals surface area contributed by atoms with Crippen LogP contribution in [0, 0.1) is 0 Å². The average molecular weight is 371 g/mol. The number of benzene rings is 1. The van der Waals surface area contributed by atoms with Crippen molar-refractivity contribution in [2.45, 2.75) is 26.7 Å². The fraction of sp³-hybridized carbons (Fsp3) is 0.429. The van der Waals surface area contributed by atoms with Gasteiger partial charge in [-0.3, -0.25) is 9.78 Å². The summed E-state index contributed by atoms with van der Waals surface area (Å²) in [6, 6.07) is 11.1. The minimum Gasteiger partial charge on any atom is -0.493 e. The molecular weight excluding hydrogens is 342 g/mol. The summed E-state index contributed by atoms with van der Waals surface area (Å²) in [6.07, 6.45) is 2.72. The molecule has 0 aliphatic heterocycles. The predicted octanol–water partition coefficient (Wildman–Crippen LogP) is 3.38. The number of hydrogen-bond donors (Lipinski definition) is 1. The first kappa shape index (κ1) is 20.7. The minimum absolute atomic E-state index is 0.0556. The maximum atomic E-state index is 12.2. The lowest BCUT2D eigenvalue weighted by atomic mass is 10.2. The van der Waals surface area contributed by atoms with Gasteiger partial charge in [-0.05, 0) is 43.8 Å². The summed E-state index contributed by atoms with van der Waals surface area (Å²) >= 11 is 0. The van der Waals surface area contributed by atoms with Crippen molar-refractivity contribution in [3.8, 4) is 11.5 Å². The van der Waals surface area contributed by atoms with Crippen molar-refractivity contribution >= 4 is 11.6 Å². The highest BCUT2D eigenvalue weighted by Crippen LogP contribution is 2.30. The van der Waals surface area contributed by atoms with E-state index in [9.17, 15) is 4.79 Å². The summed E-state index contributed by atoms with van der Waals surface area (Å²) in [5.41, 5.74) is 1.60. The number of rotatable bonds is 11. The second-order valence-electron chi connectivity index (χ2n) is 6.11. The van der Waals surface area contributed by atoms with Gasteiger partial charge in [0.1, 0.15) is 6.61 Å². The highest BCUT2D eigenvalue weighted by atomic mass is 16.5. The topological polar surface area (TPSA) is 63.7 Å². The van der Waals surface area contributed by atoms with Gasteiger partial charge in [0.25, 0.3) is 0 Å². The summed E-state index contributed by atoms with van der Waals surface area (Å²) in [4.78, 5) is 18.7. The number of aryl methyl sites for hydroxylation is 1. The third-order valence-electron chi connectivity index (χ3n) is 4.34. The molecule has 2 aromatic rings. The van der Waals surface area contributed by atoms with Crippen molar-refractivity contribution in [1.82, 2.24) is 9.88 Å². The number of pyridine rings is 1. The van der Waals surface area contributed by atoms with Crippen LogP contribution in [0.4, 0.5) is 5.69 Å². The van der Waals surface area contributed by atoms with E-state index in [2.05, 4.69) is 29.0 Å². The zero-order chi connectivity index (χ0) is 19.5. The number of nitrogens with one attached hydrogen (secondary N) is 1. The first-order chi connectivity index (χ1) is 13.2. The molecule has 0 unspecified atom stereocenters. The molecule has 0 atom stereocenters. The Balaban J connectivity index is 1.91. The van der Waals surface area contributed by atoms with E-state index in [4.69, 9.17) is 9.47 Å². The first-order valence-electron chi connectivity index (χ1n) is 9.39. The molecule has 146 valence electrons. The van der Waals surface area contributed by atoms with Crippen molar-refractivity contribution in [1.29, 1.82) is 0 Å². The number of likely N-dealkylation sites (N-methyl/N-ethyl adjacent to an activating group) is 1. The van der Waals surface area contributed by atoms with E-state index in [1.54, 1.807) is 25.4 Å². The van der Waals surface area contributed by atoms with Crippen LogP contribution in [-0.2, 0) is 11.2 Å². The molecule has 1 N–H and O–H groups in total. The Labute approximate surface area is 161 Å². The predicted molar refractivity (Wildman–Crippen MR) is 107 cm³/mol. The highest BCUT2D eigenvalue weighted by Gasteiger charge is 2.09. The minimum atomic E-state index is -0.0556. The second-order valence-corrected chi connectivity index (χ2v) is 6.11. The van der Waals surface area contributed by atoms with Gasteiger partial charge >= 0.3 is 0 Å². The molecule has 0 spiro atoms. The van der Waals surface area contributed by atoms with Crippen LogP contribution < -0.4 is 14.8 Å². The van der Waals surface area contributed by atoms with Gasteiger partial charge < -0.3 is 19.7 Å². The van der Waals surface area contributed by atoms with E-state index >= 15 is 0 Å². The molecule has 0 bridgehead atoms. The molecule has 1 heterocycles. The number of carbonyl (C=O) groups excluding carboxylic acids is 1. The van der Waals surface area contributed by atoms with Gasteiger partial charge in [0.15, 0.2) is 11.5 Å². The fourth-order valence-corrected chi connectivity index (χ4v) is 2.70. The van der Waals surface area contributed by atoms with Gasteiger partial charge in [-0.15, -0.1) is 0 Å². The molecular formula is C21H29N3O3. The van der Waals surface area contributed by atoms with Crippen LogP contribution in [-0.4, -0.2) is 49.1 Å². The van der Waals surface area contributed by atoms with Gasteiger partial charge in [0.05, 0.1) is 7.11 Å². The zero-order valence-electron chi connectivity index (χ0n) is 16.4. The highest BCUT2D eigenvalue weighted by molar-refractivity contribution is 5.91. The lowest BCUT2D eigenvalue weighted by Gasteiger charge is -2.19. The Morgan fingerprint density at radius 2 is 1.96 bits per heavy atom. The van der Waals surface area contributed by atoms with E-state index in [1.165, 1.54) is 0 Å². The van der Waals surface area contributed by atoms with Crippen molar-refractivity contribution in [3.63, 3.8) is 0 Å². The largest absolute Gasteiger partial charge is 0.493 e. The van der Waals surface area contributed by atoms with Crippen LogP contribution in [0.5, 0.6) is 11.5 Å². The summed E-state index contributed by atoms with van der Waals surface area (Å²) < 4.78 is 11.2. The number of amides is 1. The Hall–Kier alpha value is -2.60. The molecule has 2 rings (SSSR count). The summed E-state index contributed by atoms with van der Waals surface area (Å²) in [5.74, 6) is 1.23. The van der Waals surface area contributed by atoms with Crippen molar-refractivity contribution < 1.29 is 14.3 Å². The van der Waals surface area contributed by atoms with E-state index in [0.717, 1.165) is 25.3 Å². The summed E-state index contributed by atoms with van der Waals surface area (Å²) in [5, 5.41) is 2.91. The Kier molecular flexibility index (Phi) is 8.58. The maximum absolute atomic E-state index is 12.2. The van der Waals surface area contributed by atoms with Crippen molar-refractivity contribution in [2.75, 3.05) is 38.7 Å². The lowest BCUT2D eigenvalue weighted by molar-refractivity contribution is -0.116. The number of nitrogens with zero attached hydrogens (tertiary/aromatic N) is 2. The van der Waals surface area contributed by atoms with Gasteiger partial charge in [-0.25, -0.2) is 0 Å². The van der Waals surface area contributed by atoms with Crippen LogP contribution in [0.25, 0.3) is 0 Å². The smallest absolute Gasteiger partial charge is 0.224 e. The molecule has 1 aromatic heterocycles.